The smallest absolute Gasteiger partial charge is 0.133 e. The van der Waals surface area contributed by atoms with Crippen molar-refractivity contribution in [1.82, 2.24) is 0 Å². The number of aryl methyl sites for hydroxylation is 2. The van der Waals surface area contributed by atoms with Gasteiger partial charge in [-0.15, -0.1) is 11.6 Å². The average molecular weight is 374 g/mol. The lowest BCUT2D eigenvalue weighted by atomic mass is 9.99. The van der Waals surface area contributed by atoms with E-state index in [2.05, 4.69) is 15.9 Å². The molecule has 1 heterocycles. The first-order chi connectivity index (χ1) is 9.90. The van der Waals surface area contributed by atoms with Crippen LogP contribution in [0.1, 0.15) is 33.6 Å². The highest BCUT2D eigenvalue weighted by Gasteiger charge is 2.24. The Balaban J connectivity index is 2.59. The highest BCUT2D eigenvalue weighted by atomic mass is 79.9. The first-order valence-electron chi connectivity index (χ1n) is 6.52. The molecule has 0 aliphatic rings. The van der Waals surface area contributed by atoms with Gasteiger partial charge in [-0.1, -0.05) is 0 Å². The number of methoxy groups -OCH3 is 2. The topological polar surface area (TPSA) is 31.6 Å². The Morgan fingerprint density at radius 2 is 1.67 bits per heavy atom. The molecule has 0 saturated heterocycles. The van der Waals surface area contributed by atoms with Crippen molar-refractivity contribution >= 4 is 27.5 Å². The molecule has 1 atom stereocenters. The minimum Gasteiger partial charge on any atom is -0.496 e. The third-order valence-corrected chi connectivity index (χ3v) is 4.72. The maximum atomic E-state index is 6.71. The van der Waals surface area contributed by atoms with Gasteiger partial charge in [-0.2, -0.15) is 0 Å². The zero-order chi connectivity index (χ0) is 15.7. The van der Waals surface area contributed by atoms with Gasteiger partial charge in [-0.3, -0.25) is 0 Å². The summed E-state index contributed by atoms with van der Waals surface area (Å²) in [5.41, 5.74) is 2.90. The van der Waals surface area contributed by atoms with Gasteiger partial charge in [0.2, 0.25) is 0 Å². The third kappa shape index (κ3) is 2.92. The number of furan rings is 1. The van der Waals surface area contributed by atoms with Gasteiger partial charge in [0, 0.05) is 11.1 Å². The quantitative estimate of drug-likeness (QED) is 0.680. The summed E-state index contributed by atoms with van der Waals surface area (Å²) in [5, 5.41) is -0.362. The van der Waals surface area contributed by atoms with Crippen molar-refractivity contribution in [2.45, 2.75) is 26.1 Å². The predicted molar refractivity (Wildman–Crippen MR) is 87.9 cm³/mol. The molecule has 0 spiro atoms. The molecule has 0 bridgehead atoms. The number of benzene rings is 1. The minimum absolute atomic E-state index is 0.362. The Kier molecular flexibility index (Phi) is 4.89. The highest BCUT2D eigenvalue weighted by molar-refractivity contribution is 9.10. The van der Waals surface area contributed by atoms with Crippen molar-refractivity contribution in [3.05, 3.63) is 44.8 Å². The van der Waals surface area contributed by atoms with E-state index >= 15 is 0 Å². The SMILES string of the molecule is COc1cc(C(Cl)c2c(C)oc(C)c2C)c(OC)cc1Br. The molecule has 1 unspecified atom stereocenters. The van der Waals surface area contributed by atoms with Crippen LogP contribution >= 0.6 is 27.5 Å². The zero-order valence-electron chi connectivity index (χ0n) is 12.7. The molecule has 0 aliphatic carbocycles. The van der Waals surface area contributed by atoms with Crippen molar-refractivity contribution in [3.63, 3.8) is 0 Å². The number of alkyl halides is 1. The molecule has 3 nitrogen and oxygen atoms in total. The van der Waals surface area contributed by atoms with Gasteiger partial charge in [0.05, 0.1) is 24.1 Å². The lowest BCUT2D eigenvalue weighted by Gasteiger charge is -2.17. The second kappa shape index (κ2) is 6.32. The summed E-state index contributed by atoms with van der Waals surface area (Å²) >= 11 is 10.2. The molecule has 0 saturated carbocycles. The van der Waals surface area contributed by atoms with Gasteiger partial charge in [-0.05, 0) is 54.4 Å². The summed E-state index contributed by atoms with van der Waals surface area (Å²) in [6.07, 6.45) is 0. The van der Waals surface area contributed by atoms with Crippen LogP contribution in [0.15, 0.2) is 21.0 Å². The van der Waals surface area contributed by atoms with Gasteiger partial charge >= 0.3 is 0 Å². The Labute approximate surface area is 138 Å². The predicted octanol–water partition coefficient (Wildman–Crippen LogP) is 5.31. The summed E-state index contributed by atoms with van der Waals surface area (Å²) in [6, 6.07) is 3.75. The van der Waals surface area contributed by atoms with E-state index in [-0.39, 0.29) is 5.38 Å². The normalized spacial score (nSPS) is 12.3. The number of hydrogen-bond donors (Lipinski definition) is 0. The lowest BCUT2D eigenvalue weighted by Crippen LogP contribution is -2.01. The van der Waals surface area contributed by atoms with Gasteiger partial charge in [0.15, 0.2) is 0 Å². The van der Waals surface area contributed by atoms with Gasteiger partial charge in [0.1, 0.15) is 23.0 Å². The fourth-order valence-electron chi connectivity index (χ4n) is 2.42. The Morgan fingerprint density at radius 1 is 1.05 bits per heavy atom. The van der Waals surface area contributed by atoms with Crippen LogP contribution in [0.3, 0.4) is 0 Å². The van der Waals surface area contributed by atoms with Gasteiger partial charge in [0.25, 0.3) is 0 Å². The van der Waals surface area contributed by atoms with Gasteiger partial charge in [-0.25, -0.2) is 0 Å². The van der Waals surface area contributed by atoms with Crippen LogP contribution in [-0.2, 0) is 0 Å². The van der Waals surface area contributed by atoms with Crippen molar-refractivity contribution in [2.24, 2.45) is 0 Å². The van der Waals surface area contributed by atoms with Crippen molar-refractivity contribution in [1.29, 1.82) is 0 Å². The molecule has 1 aromatic heterocycles. The van der Waals surface area contributed by atoms with Crippen LogP contribution in [0.25, 0.3) is 0 Å². The molecule has 0 N–H and O–H groups in total. The fraction of sp³-hybridized carbons (Fsp3) is 0.375. The highest BCUT2D eigenvalue weighted by Crippen LogP contribution is 2.43. The number of hydrogen-bond acceptors (Lipinski definition) is 3. The van der Waals surface area contributed by atoms with E-state index in [4.69, 9.17) is 25.5 Å². The molecule has 2 rings (SSSR count). The van der Waals surface area contributed by atoms with E-state index in [1.54, 1.807) is 14.2 Å². The molecular formula is C16H18BrClO3. The largest absolute Gasteiger partial charge is 0.496 e. The van der Waals surface area contributed by atoms with E-state index in [0.29, 0.717) is 11.5 Å². The Hall–Kier alpha value is -1.13. The number of ether oxygens (including phenoxy) is 2. The van der Waals surface area contributed by atoms with Crippen molar-refractivity contribution in [3.8, 4) is 11.5 Å². The van der Waals surface area contributed by atoms with Crippen LogP contribution < -0.4 is 9.47 Å². The summed E-state index contributed by atoms with van der Waals surface area (Å²) in [4.78, 5) is 0. The Morgan fingerprint density at radius 3 is 2.14 bits per heavy atom. The van der Waals surface area contributed by atoms with Crippen LogP contribution in [0, 0.1) is 20.8 Å². The van der Waals surface area contributed by atoms with Crippen LogP contribution in [0.4, 0.5) is 0 Å². The molecule has 114 valence electrons. The van der Waals surface area contributed by atoms with Crippen LogP contribution in [0.5, 0.6) is 11.5 Å². The summed E-state index contributed by atoms with van der Waals surface area (Å²) in [5.74, 6) is 3.14. The standard InChI is InChI=1S/C16H18BrClO3/c1-8-9(2)21-10(3)15(8)16(18)11-6-14(20-5)12(17)7-13(11)19-4/h6-7,16H,1-5H3. The van der Waals surface area contributed by atoms with E-state index in [9.17, 15) is 0 Å². The van der Waals surface area contributed by atoms with E-state index in [1.165, 1.54) is 0 Å². The molecule has 1 aromatic carbocycles. The molecule has 5 heteroatoms. The second-order valence-corrected chi connectivity index (χ2v) is 6.14. The van der Waals surface area contributed by atoms with E-state index in [1.807, 2.05) is 32.9 Å². The summed E-state index contributed by atoms with van der Waals surface area (Å²) in [7, 11) is 3.25. The molecule has 2 aromatic rings. The first-order valence-corrected chi connectivity index (χ1v) is 7.75. The first kappa shape index (κ1) is 16.2. The Bertz CT molecular complexity index is 664. The fourth-order valence-corrected chi connectivity index (χ4v) is 3.39. The number of halogens is 2. The second-order valence-electron chi connectivity index (χ2n) is 4.84. The third-order valence-electron chi connectivity index (χ3n) is 3.65. The molecule has 0 aliphatic heterocycles. The summed E-state index contributed by atoms with van der Waals surface area (Å²) in [6.45, 7) is 5.88. The maximum Gasteiger partial charge on any atom is 0.133 e. The minimum atomic E-state index is -0.362. The molecular weight excluding hydrogens is 356 g/mol. The molecule has 0 fully saturated rings. The van der Waals surface area contributed by atoms with Crippen molar-refractivity contribution in [2.75, 3.05) is 14.2 Å². The van der Waals surface area contributed by atoms with Gasteiger partial charge < -0.3 is 13.9 Å². The average Bonchev–Trinajstić information content (AvgIpc) is 2.71. The number of rotatable bonds is 4. The zero-order valence-corrected chi connectivity index (χ0v) is 15.1. The molecule has 0 amide bonds. The van der Waals surface area contributed by atoms with Crippen LogP contribution in [0.2, 0.25) is 0 Å². The monoisotopic (exact) mass is 372 g/mol. The van der Waals surface area contributed by atoms with E-state index < -0.39 is 0 Å². The van der Waals surface area contributed by atoms with E-state index in [0.717, 1.165) is 32.7 Å². The van der Waals surface area contributed by atoms with Crippen LogP contribution in [-0.4, -0.2) is 14.2 Å². The summed E-state index contributed by atoms with van der Waals surface area (Å²) < 4.78 is 17.3. The van der Waals surface area contributed by atoms with Crippen molar-refractivity contribution < 1.29 is 13.9 Å². The maximum absolute atomic E-state index is 6.71. The lowest BCUT2D eigenvalue weighted by molar-refractivity contribution is 0.397. The molecule has 21 heavy (non-hydrogen) atoms. The molecule has 0 radical (unpaired) electrons.